The molecule has 0 N–H and O–H groups in total. The summed E-state index contributed by atoms with van der Waals surface area (Å²) in [5.41, 5.74) is 10.2. The van der Waals surface area contributed by atoms with E-state index in [0.29, 0.717) is 17.5 Å². The van der Waals surface area contributed by atoms with Crippen LogP contribution in [0.25, 0.3) is 66.8 Å². The molecule has 208 valence electrons. The molecule has 0 radical (unpaired) electrons. The van der Waals surface area contributed by atoms with E-state index < -0.39 is 5.41 Å². The van der Waals surface area contributed by atoms with Crippen molar-refractivity contribution in [1.29, 1.82) is 0 Å². The third-order valence-electron chi connectivity index (χ3n) is 9.70. The normalized spacial score (nSPS) is 13.5. The number of aromatic nitrogens is 3. The van der Waals surface area contributed by atoms with Crippen molar-refractivity contribution >= 4 is 21.5 Å². The molecule has 8 aromatic rings. The molecule has 45 heavy (non-hydrogen) atoms. The lowest BCUT2D eigenvalue weighted by Crippen LogP contribution is -2.26. The topological polar surface area (TPSA) is 38.7 Å². The first-order valence-corrected chi connectivity index (χ1v) is 15.4. The molecule has 7 aromatic carbocycles. The molecular weight excluding hydrogens is 546 g/mol. The highest BCUT2D eigenvalue weighted by atomic mass is 15.0. The Balaban J connectivity index is 1.31. The van der Waals surface area contributed by atoms with E-state index >= 15 is 0 Å². The van der Waals surface area contributed by atoms with Crippen molar-refractivity contribution in [2.75, 3.05) is 0 Å². The first-order valence-electron chi connectivity index (χ1n) is 15.4. The van der Waals surface area contributed by atoms with Crippen LogP contribution in [0.3, 0.4) is 0 Å². The van der Waals surface area contributed by atoms with Crippen LogP contribution in [-0.4, -0.2) is 15.0 Å². The Kier molecular flexibility index (Phi) is 4.92. The van der Waals surface area contributed by atoms with Crippen molar-refractivity contribution in [2.24, 2.45) is 0 Å². The van der Waals surface area contributed by atoms with Gasteiger partial charge in [0.25, 0.3) is 0 Å². The van der Waals surface area contributed by atoms with E-state index in [2.05, 4.69) is 115 Å². The summed E-state index contributed by atoms with van der Waals surface area (Å²) in [6.45, 7) is 0. The number of rotatable bonds is 3. The van der Waals surface area contributed by atoms with Crippen LogP contribution in [0.5, 0.6) is 0 Å². The second kappa shape index (κ2) is 9.04. The molecule has 2 aliphatic rings. The highest BCUT2D eigenvalue weighted by molar-refractivity contribution is 6.17. The van der Waals surface area contributed by atoms with Crippen molar-refractivity contribution in [3.05, 3.63) is 174 Å². The van der Waals surface area contributed by atoms with E-state index in [0.717, 1.165) is 16.7 Å². The lowest BCUT2D eigenvalue weighted by Gasteiger charge is -2.31. The maximum absolute atomic E-state index is 5.16. The fraction of sp³-hybridized carbons (Fsp3) is 0.0238. The first kappa shape index (κ1) is 24.5. The minimum Gasteiger partial charge on any atom is -0.208 e. The maximum atomic E-state index is 5.16. The molecule has 0 fully saturated rings. The number of hydrogen-bond acceptors (Lipinski definition) is 3. The Morgan fingerprint density at radius 2 is 0.800 bits per heavy atom. The van der Waals surface area contributed by atoms with Crippen LogP contribution < -0.4 is 0 Å². The van der Waals surface area contributed by atoms with Gasteiger partial charge in [-0.2, -0.15) is 0 Å². The average molecular weight is 572 g/mol. The van der Waals surface area contributed by atoms with Crippen molar-refractivity contribution in [2.45, 2.75) is 5.41 Å². The lowest BCUT2D eigenvalue weighted by atomic mass is 9.70. The van der Waals surface area contributed by atoms with Gasteiger partial charge in [-0.05, 0) is 54.9 Å². The zero-order chi connectivity index (χ0) is 29.5. The largest absolute Gasteiger partial charge is 0.208 e. The molecule has 0 saturated heterocycles. The summed E-state index contributed by atoms with van der Waals surface area (Å²) in [6.07, 6.45) is 0. The van der Waals surface area contributed by atoms with Crippen molar-refractivity contribution in [3.8, 4) is 45.3 Å². The first-order chi connectivity index (χ1) is 22.3. The van der Waals surface area contributed by atoms with Crippen LogP contribution >= 0.6 is 0 Å². The highest BCUT2D eigenvalue weighted by Crippen LogP contribution is 2.63. The van der Waals surface area contributed by atoms with Gasteiger partial charge in [-0.15, -0.1) is 0 Å². The molecule has 0 bridgehead atoms. The van der Waals surface area contributed by atoms with E-state index in [-0.39, 0.29) is 0 Å². The molecule has 0 unspecified atom stereocenters. The molecule has 10 rings (SSSR count). The van der Waals surface area contributed by atoms with Crippen LogP contribution in [0.15, 0.2) is 152 Å². The molecule has 3 nitrogen and oxygen atoms in total. The molecular formula is C42H25N3. The van der Waals surface area contributed by atoms with E-state index in [1.54, 1.807) is 0 Å². The fourth-order valence-corrected chi connectivity index (χ4v) is 7.95. The van der Waals surface area contributed by atoms with Crippen molar-refractivity contribution in [1.82, 2.24) is 15.0 Å². The lowest BCUT2D eigenvalue weighted by molar-refractivity contribution is 0.797. The van der Waals surface area contributed by atoms with Gasteiger partial charge in [0.2, 0.25) is 0 Å². The summed E-state index contributed by atoms with van der Waals surface area (Å²) < 4.78 is 0. The summed E-state index contributed by atoms with van der Waals surface area (Å²) in [6, 6.07) is 54.1. The van der Waals surface area contributed by atoms with E-state index in [9.17, 15) is 0 Å². The predicted octanol–water partition coefficient (Wildman–Crippen LogP) is 9.86. The third-order valence-corrected chi connectivity index (χ3v) is 9.70. The van der Waals surface area contributed by atoms with Crippen molar-refractivity contribution in [3.63, 3.8) is 0 Å². The fourth-order valence-electron chi connectivity index (χ4n) is 7.95. The molecule has 0 amide bonds. The molecule has 3 heteroatoms. The van der Waals surface area contributed by atoms with Crippen LogP contribution in [0.1, 0.15) is 22.3 Å². The second-order valence-electron chi connectivity index (χ2n) is 11.9. The number of nitrogens with zero attached hydrogens (tertiary/aromatic N) is 3. The average Bonchev–Trinajstić information content (AvgIpc) is 3.60. The molecule has 1 spiro atoms. The van der Waals surface area contributed by atoms with Gasteiger partial charge < -0.3 is 0 Å². The summed E-state index contributed by atoms with van der Waals surface area (Å²) in [5, 5.41) is 5.28. The van der Waals surface area contributed by atoms with Gasteiger partial charge in [-0.1, -0.05) is 152 Å². The Hall–Kier alpha value is -5.93. The Bertz CT molecular complexity index is 2360. The third kappa shape index (κ3) is 3.22. The molecule has 0 aliphatic heterocycles. The SMILES string of the molecule is c1ccc(-c2nc(-c3ccccc3)nc(-c3cccc4c3-c3ccccc3C43c4cccc5ccc6cccc3c6c45)n2)cc1. The molecule has 0 saturated carbocycles. The van der Waals surface area contributed by atoms with Crippen LogP contribution in [-0.2, 0) is 5.41 Å². The van der Waals surface area contributed by atoms with Crippen LogP contribution in [0.2, 0.25) is 0 Å². The highest BCUT2D eigenvalue weighted by Gasteiger charge is 2.51. The predicted molar refractivity (Wildman–Crippen MR) is 182 cm³/mol. The summed E-state index contributed by atoms with van der Waals surface area (Å²) in [4.78, 5) is 15.3. The van der Waals surface area contributed by atoms with E-state index in [1.165, 1.54) is 54.9 Å². The smallest absolute Gasteiger partial charge is 0.164 e. The monoisotopic (exact) mass is 571 g/mol. The van der Waals surface area contributed by atoms with Gasteiger partial charge in [0.15, 0.2) is 17.5 Å². The number of benzene rings is 7. The summed E-state index contributed by atoms with van der Waals surface area (Å²) in [7, 11) is 0. The molecule has 2 aliphatic carbocycles. The maximum Gasteiger partial charge on any atom is 0.164 e. The quantitative estimate of drug-likeness (QED) is 0.198. The van der Waals surface area contributed by atoms with Gasteiger partial charge in [-0.3, -0.25) is 0 Å². The molecule has 0 atom stereocenters. The van der Waals surface area contributed by atoms with Gasteiger partial charge in [0.05, 0.1) is 5.41 Å². The Morgan fingerprint density at radius 3 is 1.42 bits per heavy atom. The van der Waals surface area contributed by atoms with Gasteiger partial charge in [-0.25, -0.2) is 15.0 Å². The summed E-state index contributed by atoms with van der Waals surface area (Å²) in [5.74, 6) is 2.01. The Morgan fingerprint density at radius 1 is 0.333 bits per heavy atom. The zero-order valence-electron chi connectivity index (χ0n) is 24.3. The molecule has 1 heterocycles. The summed E-state index contributed by atoms with van der Waals surface area (Å²) >= 11 is 0. The molecule has 1 aromatic heterocycles. The van der Waals surface area contributed by atoms with Crippen LogP contribution in [0, 0.1) is 0 Å². The minimum atomic E-state index is -0.428. The van der Waals surface area contributed by atoms with Crippen molar-refractivity contribution < 1.29 is 0 Å². The van der Waals surface area contributed by atoms with E-state index in [1.807, 2.05) is 36.4 Å². The minimum absolute atomic E-state index is 0.428. The van der Waals surface area contributed by atoms with Gasteiger partial charge in [0, 0.05) is 16.7 Å². The standard InChI is InChI=1S/C42H25N3/c1-3-12-28(13-4-1)39-43-40(29-14-5-2-6-15-29)45-41(44-39)31-19-11-23-35-38(31)30-18-7-8-20-32(30)42(35)33-21-9-16-26-24-25-27-17-10-22-34(42)37(27)36(26)33/h1-25H. The second-order valence-corrected chi connectivity index (χ2v) is 11.9. The Labute approximate surface area is 260 Å². The number of fused-ring (bicyclic) bond motifs is 7. The van der Waals surface area contributed by atoms with Crippen LogP contribution in [0.4, 0.5) is 0 Å². The van der Waals surface area contributed by atoms with Gasteiger partial charge >= 0.3 is 0 Å². The van der Waals surface area contributed by atoms with Gasteiger partial charge in [0.1, 0.15) is 0 Å². The van der Waals surface area contributed by atoms with E-state index in [4.69, 9.17) is 15.0 Å². The number of hydrogen-bond donors (Lipinski definition) is 0. The zero-order valence-corrected chi connectivity index (χ0v) is 24.3.